The molecule has 2 amide bonds. The van der Waals surface area contributed by atoms with E-state index in [1.165, 1.54) is 12.1 Å². The van der Waals surface area contributed by atoms with Crippen LogP contribution >= 0.6 is 0 Å². The zero-order valence-corrected chi connectivity index (χ0v) is 9.87. The Hall–Kier alpha value is -1.78. The Bertz CT molecular complexity index is 482. The predicted octanol–water partition coefficient (Wildman–Crippen LogP) is 2.12. The van der Waals surface area contributed by atoms with Crippen molar-refractivity contribution >= 4 is 11.8 Å². The maximum absolute atomic E-state index is 13.2. The first-order valence-corrected chi connectivity index (χ1v) is 5.81. The van der Waals surface area contributed by atoms with Crippen LogP contribution in [-0.2, 0) is 9.59 Å². The number of rotatable bonds is 2. The van der Waals surface area contributed by atoms with Crippen molar-refractivity contribution in [2.45, 2.75) is 25.7 Å². The van der Waals surface area contributed by atoms with Gasteiger partial charge in [0.15, 0.2) is 0 Å². The number of piperidine rings is 1. The number of benzene rings is 1. The Labute approximate surface area is 103 Å². The number of carbonyl (C=O) groups is 2. The minimum absolute atomic E-state index is 0.0765. The lowest BCUT2D eigenvalue weighted by molar-refractivity contribution is -0.137. The Balaban J connectivity index is 2.39. The van der Waals surface area contributed by atoms with E-state index < -0.39 is 29.4 Å². The fraction of sp³-hybridized carbons (Fsp3) is 0.385. The van der Waals surface area contributed by atoms with E-state index in [4.69, 9.17) is 0 Å². The maximum atomic E-state index is 13.2. The molecule has 2 rings (SSSR count). The van der Waals surface area contributed by atoms with Crippen molar-refractivity contribution in [3.8, 4) is 0 Å². The molecule has 3 nitrogen and oxygen atoms in total. The van der Waals surface area contributed by atoms with E-state index in [-0.39, 0.29) is 12.3 Å². The summed E-state index contributed by atoms with van der Waals surface area (Å²) in [5, 5.41) is 2.24. The molecule has 1 N–H and O–H groups in total. The molecule has 0 radical (unpaired) electrons. The first-order chi connectivity index (χ1) is 8.51. The molecule has 18 heavy (non-hydrogen) atoms. The monoisotopic (exact) mass is 253 g/mol. The average molecular weight is 253 g/mol. The summed E-state index contributed by atoms with van der Waals surface area (Å²) in [7, 11) is 0. The van der Waals surface area contributed by atoms with Crippen molar-refractivity contribution in [2.75, 3.05) is 0 Å². The highest BCUT2D eigenvalue weighted by Crippen LogP contribution is 2.34. The fourth-order valence-electron chi connectivity index (χ4n) is 2.42. The van der Waals surface area contributed by atoms with Gasteiger partial charge in [0.05, 0.1) is 0 Å². The highest BCUT2D eigenvalue weighted by atomic mass is 19.1. The van der Waals surface area contributed by atoms with E-state index in [1.54, 1.807) is 0 Å². The average Bonchev–Trinajstić information content (AvgIpc) is 2.26. The number of hydrogen-bond acceptors (Lipinski definition) is 2. The van der Waals surface area contributed by atoms with Crippen molar-refractivity contribution in [1.29, 1.82) is 0 Å². The second-order valence-electron chi connectivity index (χ2n) is 4.44. The topological polar surface area (TPSA) is 46.2 Å². The third-order valence-electron chi connectivity index (χ3n) is 3.24. The predicted molar refractivity (Wildman–Crippen MR) is 60.6 cm³/mol. The first kappa shape index (κ1) is 12.7. The van der Waals surface area contributed by atoms with Crippen LogP contribution in [0.15, 0.2) is 18.2 Å². The quantitative estimate of drug-likeness (QED) is 0.821. The molecule has 1 aliphatic rings. The molecule has 1 fully saturated rings. The second kappa shape index (κ2) is 4.84. The molecule has 5 heteroatoms. The van der Waals surface area contributed by atoms with Gasteiger partial charge in [0.2, 0.25) is 11.8 Å². The second-order valence-corrected chi connectivity index (χ2v) is 4.44. The van der Waals surface area contributed by atoms with Gasteiger partial charge in [0, 0.05) is 24.3 Å². The summed E-state index contributed by atoms with van der Waals surface area (Å²) in [6.45, 7) is 1.81. The largest absolute Gasteiger partial charge is 0.296 e. The van der Waals surface area contributed by atoms with E-state index in [1.807, 2.05) is 6.92 Å². The Kier molecular flexibility index (Phi) is 3.41. The molecule has 96 valence electrons. The Morgan fingerprint density at radius 1 is 1.22 bits per heavy atom. The molecule has 0 aliphatic carbocycles. The minimum atomic E-state index is -0.696. The molecule has 0 aromatic heterocycles. The fourth-order valence-corrected chi connectivity index (χ4v) is 2.42. The van der Waals surface area contributed by atoms with Crippen molar-refractivity contribution in [2.24, 2.45) is 5.92 Å². The SMILES string of the molecule is CCC1C(=O)NC(=O)CC1c1cc(F)cc(F)c1. The number of hydrogen-bond donors (Lipinski definition) is 1. The van der Waals surface area contributed by atoms with Crippen molar-refractivity contribution < 1.29 is 18.4 Å². The third-order valence-corrected chi connectivity index (χ3v) is 3.24. The van der Waals surface area contributed by atoms with Gasteiger partial charge in [-0.1, -0.05) is 6.92 Å². The zero-order chi connectivity index (χ0) is 13.3. The van der Waals surface area contributed by atoms with Crippen LogP contribution in [0.4, 0.5) is 8.78 Å². The van der Waals surface area contributed by atoms with Crippen LogP contribution in [0, 0.1) is 17.6 Å². The van der Waals surface area contributed by atoms with Gasteiger partial charge in [-0.3, -0.25) is 14.9 Å². The molecular formula is C13H13F2NO2. The molecule has 0 saturated carbocycles. The summed E-state index contributed by atoms with van der Waals surface area (Å²) < 4.78 is 26.4. The van der Waals surface area contributed by atoms with Crippen molar-refractivity contribution in [3.63, 3.8) is 0 Å². The van der Waals surface area contributed by atoms with Gasteiger partial charge in [0.1, 0.15) is 11.6 Å². The van der Waals surface area contributed by atoms with Crippen molar-refractivity contribution in [3.05, 3.63) is 35.4 Å². The molecule has 1 aromatic rings. The van der Waals surface area contributed by atoms with Crippen LogP contribution in [0.5, 0.6) is 0 Å². The van der Waals surface area contributed by atoms with Gasteiger partial charge in [-0.15, -0.1) is 0 Å². The lowest BCUT2D eigenvalue weighted by Gasteiger charge is -2.29. The highest BCUT2D eigenvalue weighted by Gasteiger charge is 2.35. The molecule has 2 unspecified atom stereocenters. The molecule has 0 bridgehead atoms. The summed E-state index contributed by atoms with van der Waals surface area (Å²) >= 11 is 0. The smallest absolute Gasteiger partial charge is 0.230 e. The van der Waals surface area contributed by atoms with Crippen LogP contribution < -0.4 is 5.32 Å². The lowest BCUT2D eigenvalue weighted by Crippen LogP contribution is -2.44. The van der Waals surface area contributed by atoms with Gasteiger partial charge in [0.25, 0.3) is 0 Å². The zero-order valence-electron chi connectivity index (χ0n) is 9.87. The van der Waals surface area contributed by atoms with E-state index in [0.717, 1.165) is 6.07 Å². The van der Waals surface area contributed by atoms with Gasteiger partial charge >= 0.3 is 0 Å². The van der Waals surface area contributed by atoms with E-state index >= 15 is 0 Å². The summed E-state index contributed by atoms with van der Waals surface area (Å²) in [5.74, 6) is -3.05. The maximum Gasteiger partial charge on any atom is 0.230 e. The van der Waals surface area contributed by atoms with Gasteiger partial charge in [-0.25, -0.2) is 8.78 Å². The summed E-state index contributed by atoms with van der Waals surface area (Å²) in [6.07, 6.45) is 0.592. The molecule has 1 saturated heterocycles. The number of nitrogens with one attached hydrogen (secondary N) is 1. The molecule has 1 heterocycles. The number of amides is 2. The molecule has 1 aromatic carbocycles. The normalized spacial score (nSPS) is 23.9. The Morgan fingerprint density at radius 2 is 1.83 bits per heavy atom. The molecule has 0 spiro atoms. The summed E-state index contributed by atoms with van der Waals surface area (Å²) in [6, 6.07) is 3.14. The van der Waals surface area contributed by atoms with Crippen molar-refractivity contribution in [1.82, 2.24) is 5.32 Å². The minimum Gasteiger partial charge on any atom is -0.296 e. The lowest BCUT2D eigenvalue weighted by atomic mass is 9.79. The number of imide groups is 1. The summed E-state index contributed by atoms with van der Waals surface area (Å²) in [4.78, 5) is 23.0. The standard InChI is InChI=1S/C13H13F2NO2/c1-2-10-11(6-12(17)16-13(10)18)7-3-8(14)5-9(15)4-7/h3-5,10-11H,2,6H2,1H3,(H,16,17,18). The van der Waals surface area contributed by atoms with Crippen LogP contribution in [-0.4, -0.2) is 11.8 Å². The van der Waals surface area contributed by atoms with Gasteiger partial charge in [-0.05, 0) is 24.1 Å². The molecule has 2 atom stereocenters. The van der Waals surface area contributed by atoms with E-state index in [9.17, 15) is 18.4 Å². The summed E-state index contributed by atoms with van der Waals surface area (Å²) in [5.41, 5.74) is 0.363. The van der Waals surface area contributed by atoms with Crippen LogP contribution in [0.3, 0.4) is 0 Å². The van der Waals surface area contributed by atoms with Crippen LogP contribution in [0.25, 0.3) is 0 Å². The highest BCUT2D eigenvalue weighted by molar-refractivity contribution is 5.99. The first-order valence-electron chi connectivity index (χ1n) is 5.81. The van der Waals surface area contributed by atoms with Gasteiger partial charge < -0.3 is 0 Å². The third kappa shape index (κ3) is 2.39. The molecule has 1 aliphatic heterocycles. The Morgan fingerprint density at radius 3 is 2.39 bits per heavy atom. The number of carbonyl (C=O) groups excluding carboxylic acids is 2. The van der Waals surface area contributed by atoms with E-state index in [2.05, 4.69) is 5.32 Å². The van der Waals surface area contributed by atoms with Gasteiger partial charge in [-0.2, -0.15) is 0 Å². The van der Waals surface area contributed by atoms with Crippen LogP contribution in [0.1, 0.15) is 31.2 Å². The molecular weight excluding hydrogens is 240 g/mol. The number of halogens is 2. The van der Waals surface area contributed by atoms with E-state index in [0.29, 0.717) is 12.0 Å². The van der Waals surface area contributed by atoms with Crippen LogP contribution in [0.2, 0.25) is 0 Å².